The van der Waals surface area contributed by atoms with E-state index in [-0.39, 0.29) is 25.9 Å². The highest BCUT2D eigenvalue weighted by Crippen LogP contribution is 2.26. The molecule has 3 N–H and O–H groups in total. The quantitative estimate of drug-likeness (QED) is 0.0229. The minimum atomic E-state index is -1.91. The molecule has 0 aliphatic carbocycles. The van der Waals surface area contributed by atoms with E-state index in [4.69, 9.17) is 23.7 Å². The first-order valence-electron chi connectivity index (χ1n) is 26.3. The number of aliphatic hydroxyl groups is 2. The molecule has 0 saturated carbocycles. The van der Waals surface area contributed by atoms with E-state index < -0.39 is 67.3 Å². The van der Waals surface area contributed by atoms with Crippen LogP contribution in [0.2, 0.25) is 0 Å². The van der Waals surface area contributed by atoms with Crippen LogP contribution in [0.25, 0.3) is 0 Å². The molecule has 6 atom stereocenters. The van der Waals surface area contributed by atoms with Crippen molar-refractivity contribution >= 4 is 23.9 Å². The van der Waals surface area contributed by atoms with E-state index in [0.717, 1.165) is 83.5 Å². The van der Waals surface area contributed by atoms with Crippen LogP contribution in [-0.2, 0) is 42.9 Å². The average Bonchev–Trinajstić information content (AvgIpc) is 3.31. The monoisotopic (exact) mass is 945 g/mol. The average molecular weight is 945 g/mol. The minimum absolute atomic E-state index is 0.0439. The number of ether oxygens (including phenoxy) is 5. The van der Waals surface area contributed by atoms with Gasteiger partial charge in [-0.3, -0.25) is 14.4 Å². The summed E-state index contributed by atoms with van der Waals surface area (Å²) in [6, 6.07) is 0. The lowest BCUT2D eigenvalue weighted by Crippen LogP contribution is -2.61. The summed E-state index contributed by atoms with van der Waals surface area (Å²) in [5, 5.41) is 31.3. The fraction of sp³-hybridized carbons (Fsp3) is 0.745. The van der Waals surface area contributed by atoms with E-state index in [1.807, 2.05) is 12.2 Å². The van der Waals surface area contributed by atoms with Crippen molar-refractivity contribution in [1.29, 1.82) is 0 Å². The Morgan fingerprint density at radius 1 is 0.507 bits per heavy atom. The van der Waals surface area contributed by atoms with Crippen molar-refractivity contribution in [3.05, 3.63) is 60.8 Å². The number of esters is 3. The molecular weight excluding hydrogens is 853 g/mol. The van der Waals surface area contributed by atoms with Crippen LogP contribution in [0.1, 0.15) is 213 Å². The standard InChI is InChI=1S/C55H92O12/c1-4-7-10-13-16-19-22-24-27-29-32-35-38-41-47(56)63-44-46(65-48(57)42-39-36-33-30-26-21-18-15-12-9-6-3)45-64-55-53(51(60)50(59)52(67-55)54(61)62)66-49(58)43-40-37-34-31-28-25-23-20-17-14-11-8-5-2/h7,10,16,19-20,23-24,27,32,35,46,50-53,55,59-60H,4-6,8-9,11-15,17-18,21-22,25-26,28-31,33-34,36-45H2,1-3H3,(H,61,62)/b10-7-,19-16-,23-20-,27-24-,35-32-. The molecule has 384 valence electrons. The molecule has 67 heavy (non-hydrogen) atoms. The van der Waals surface area contributed by atoms with E-state index in [2.05, 4.69) is 69.4 Å². The Morgan fingerprint density at radius 3 is 1.51 bits per heavy atom. The number of rotatable bonds is 43. The second-order valence-electron chi connectivity index (χ2n) is 17.8. The van der Waals surface area contributed by atoms with Gasteiger partial charge in [-0.05, 0) is 70.6 Å². The van der Waals surface area contributed by atoms with Crippen molar-refractivity contribution < 1.29 is 58.2 Å². The summed E-state index contributed by atoms with van der Waals surface area (Å²) < 4.78 is 28.2. The molecular formula is C55H92O12. The molecule has 12 heteroatoms. The van der Waals surface area contributed by atoms with Gasteiger partial charge in [0.2, 0.25) is 0 Å². The van der Waals surface area contributed by atoms with Crippen molar-refractivity contribution in [3.63, 3.8) is 0 Å². The number of carbonyl (C=O) groups is 4. The van der Waals surface area contributed by atoms with Gasteiger partial charge in [0.15, 0.2) is 24.6 Å². The van der Waals surface area contributed by atoms with Crippen LogP contribution in [0, 0.1) is 0 Å². The maximum absolute atomic E-state index is 13.0. The molecule has 1 rings (SSSR count). The van der Waals surface area contributed by atoms with Gasteiger partial charge in [-0.1, -0.05) is 184 Å². The maximum atomic E-state index is 13.0. The fourth-order valence-corrected chi connectivity index (χ4v) is 7.55. The summed E-state index contributed by atoms with van der Waals surface area (Å²) in [4.78, 5) is 50.7. The molecule has 6 unspecified atom stereocenters. The molecule has 1 aliphatic rings. The van der Waals surface area contributed by atoms with Gasteiger partial charge in [-0.15, -0.1) is 0 Å². The summed E-state index contributed by atoms with van der Waals surface area (Å²) in [5.74, 6) is -3.24. The molecule has 1 fully saturated rings. The SMILES string of the molecule is CC/C=C\C/C=C\C/C=C\C/C=C\CCC(=O)OCC(COC1OC(C(=O)O)C(O)C(O)C1OC(=O)CCCCCCC/C=C\CCCCCC)OC(=O)CCCCCCCCCCCCC. The third kappa shape index (κ3) is 34.4. The van der Waals surface area contributed by atoms with Gasteiger partial charge in [-0.2, -0.15) is 0 Å². The molecule has 1 aliphatic heterocycles. The zero-order valence-corrected chi connectivity index (χ0v) is 41.9. The Kier molecular flexibility index (Phi) is 40.1. The van der Waals surface area contributed by atoms with Gasteiger partial charge in [0.25, 0.3) is 0 Å². The predicted octanol–water partition coefficient (Wildman–Crippen LogP) is 12.4. The highest BCUT2D eigenvalue weighted by Gasteiger charge is 2.50. The maximum Gasteiger partial charge on any atom is 0.335 e. The number of hydrogen-bond acceptors (Lipinski definition) is 11. The highest BCUT2D eigenvalue weighted by atomic mass is 16.7. The molecule has 0 radical (unpaired) electrons. The number of allylic oxidation sites excluding steroid dienone is 10. The van der Waals surface area contributed by atoms with Crippen LogP contribution in [0.4, 0.5) is 0 Å². The minimum Gasteiger partial charge on any atom is -0.479 e. The molecule has 1 saturated heterocycles. The number of carboxylic acid groups (broad SMARTS) is 1. The number of hydrogen-bond donors (Lipinski definition) is 3. The molecule has 0 aromatic heterocycles. The Bertz CT molecular complexity index is 1400. The fourth-order valence-electron chi connectivity index (χ4n) is 7.55. The topological polar surface area (TPSA) is 175 Å². The van der Waals surface area contributed by atoms with Crippen molar-refractivity contribution in [2.24, 2.45) is 0 Å². The molecule has 0 spiro atoms. The van der Waals surface area contributed by atoms with Crippen LogP contribution in [-0.4, -0.2) is 89.2 Å². The molecule has 0 aromatic carbocycles. The summed E-state index contributed by atoms with van der Waals surface area (Å²) in [6.07, 6.45) is 39.4. The number of carboxylic acids is 1. The van der Waals surface area contributed by atoms with Crippen molar-refractivity contribution in [2.75, 3.05) is 13.2 Å². The normalized spacial score (nSPS) is 19.3. The predicted molar refractivity (Wildman–Crippen MR) is 266 cm³/mol. The van der Waals surface area contributed by atoms with Gasteiger partial charge >= 0.3 is 23.9 Å². The lowest BCUT2D eigenvalue weighted by molar-refractivity contribution is -0.301. The van der Waals surface area contributed by atoms with E-state index in [1.54, 1.807) is 0 Å². The van der Waals surface area contributed by atoms with E-state index in [9.17, 15) is 34.5 Å². The molecule has 0 aromatic rings. The zero-order chi connectivity index (χ0) is 49.0. The first kappa shape index (κ1) is 61.4. The van der Waals surface area contributed by atoms with Crippen molar-refractivity contribution in [2.45, 2.75) is 250 Å². The van der Waals surface area contributed by atoms with Gasteiger partial charge in [-0.25, -0.2) is 4.79 Å². The Hall–Kier alpha value is -3.58. The van der Waals surface area contributed by atoms with Crippen molar-refractivity contribution in [1.82, 2.24) is 0 Å². The number of aliphatic hydroxyl groups excluding tert-OH is 2. The van der Waals surface area contributed by atoms with Crippen molar-refractivity contribution in [3.8, 4) is 0 Å². The molecule has 0 bridgehead atoms. The summed E-state index contributed by atoms with van der Waals surface area (Å²) >= 11 is 0. The van der Waals surface area contributed by atoms with E-state index in [0.29, 0.717) is 19.3 Å². The molecule has 1 heterocycles. The lowest BCUT2D eigenvalue weighted by Gasteiger charge is -2.40. The van der Waals surface area contributed by atoms with Crippen LogP contribution >= 0.6 is 0 Å². The third-order valence-corrected chi connectivity index (χ3v) is 11.6. The largest absolute Gasteiger partial charge is 0.479 e. The summed E-state index contributed by atoms with van der Waals surface area (Å²) in [7, 11) is 0. The van der Waals surface area contributed by atoms with Crippen LogP contribution in [0.5, 0.6) is 0 Å². The van der Waals surface area contributed by atoms with Gasteiger partial charge < -0.3 is 39.0 Å². The second-order valence-corrected chi connectivity index (χ2v) is 17.8. The zero-order valence-electron chi connectivity index (χ0n) is 41.9. The number of aliphatic carboxylic acids is 1. The van der Waals surface area contributed by atoms with E-state index in [1.165, 1.54) is 70.6 Å². The van der Waals surface area contributed by atoms with E-state index >= 15 is 0 Å². The van der Waals surface area contributed by atoms with Crippen LogP contribution < -0.4 is 0 Å². The Labute approximate surface area is 405 Å². The Morgan fingerprint density at radius 2 is 0.970 bits per heavy atom. The Balaban J connectivity index is 2.78. The van der Waals surface area contributed by atoms with Crippen LogP contribution in [0.15, 0.2) is 60.8 Å². The molecule has 0 amide bonds. The summed E-state index contributed by atoms with van der Waals surface area (Å²) in [6.45, 7) is 5.75. The van der Waals surface area contributed by atoms with Gasteiger partial charge in [0.1, 0.15) is 18.8 Å². The van der Waals surface area contributed by atoms with Crippen LogP contribution in [0.3, 0.4) is 0 Å². The second kappa shape index (κ2) is 43.7. The van der Waals surface area contributed by atoms with Gasteiger partial charge in [0, 0.05) is 19.3 Å². The molecule has 12 nitrogen and oxygen atoms in total. The summed E-state index contributed by atoms with van der Waals surface area (Å²) in [5.41, 5.74) is 0. The first-order chi connectivity index (χ1) is 32.6. The van der Waals surface area contributed by atoms with Gasteiger partial charge in [0.05, 0.1) is 6.61 Å². The number of unbranched alkanes of at least 4 members (excludes halogenated alkanes) is 19. The highest BCUT2D eigenvalue weighted by molar-refractivity contribution is 5.74. The lowest BCUT2D eigenvalue weighted by atomic mass is 9.98. The smallest absolute Gasteiger partial charge is 0.335 e. The first-order valence-corrected chi connectivity index (χ1v) is 26.3. The number of carbonyl (C=O) groups excluding carboxylic acids is 3. The third-order valence-electron chi connectivity index (χ3n) is 11.6.